The first kappa shape index (κ1) is 15.7. The lowest BCUT2D eigenvalue weighted by molar-refractivity contribution is 0.0512. The topological polar surface area (TPSA) is 38.3 Å². The van der Waals surface area contributed by atoms with Gasteiger partial charge in [-0.2, -0.15) is 12.6 Å². The monoisotopic (exact) mass is 273 g/mol. The molecule has 0 saturated heterocycles. The fraction of sp³-hybridized carbons (Fsp3) is 0.929. The van der Waals surface area contributed by atoms with Crippen LogP contribution in [0.15, 0.2) is 0 Å². The van der Waals surface area contributed by atoms with Gasteiger partial charge in [-0.05, 0) is 57.6 Å². The molecule has 1 N–H and O–H groups in total. The minimum Gasteiger partial charge on any atom is -0.444 e. The molecule has 1 rings (SSSR count). The zero-order chi connectivity index (χ0) is 13.6. The molecule has 18 heavy (non-hydrogen) atoms. The molecule has 0 radical (unpaired) electrons. The molecule has 0 aliphatic heterocycles. The quantitative estimate of drug-likeness (QED) is 0.768. The van der Waals surface area contributed by atoms with Gasteiger partial charge in [-0.1, -0.05) is 12.8 Å². The highest BCUT2D eigenvalue weighted by molar-refractivity contribution is 7.80. The number of carbonyl (C=O) groups is 1. The van der Waals surface area contributed by atoms with E-state index in [0.29, 0.717) is 5.92 Å². The highest BCUT2D eigenvalue weighted by Crippen LogP contribution is 2.30. The molecule has 1 saturated carbocycles. The van der Waals surface area contributed by atoms with Crippen molar-refractivity contribution in [2.24, 2.45) is 11.8 Å². The Hall–Kier alpha value is -0.380. The highest BCUT2D eigenvalue weighted by atomic mass is 32.1. The van der Waals surface area contributed by atoms with Gasteiger partial charge in [0.1, 0.15) is 5.60 Å². The van der Waals surface area contributed by atoms with Gasteiger partial charge in [-0.15, -0.1) is 0 Å². The molecule has 0 aromatic rings. The largest absolute Gasteiger partial charge is 0.444 e. The first-order chi connectivity index (χ1) is 8.40. The fourth-order valence-corrected chi connectivity index (χ4v) is 2.94. The van der Waals surface area contributed by atoms with E-state index in [-0.39, 0.29) is 6.09 Å². The van der Waals surface area contributed by atoms with Gasteiger partial charge in [0.15, 0.2) is 0 Å². The Morgan fingerprint density at radius 3 is 2.61 bits per heavy atom. The van der Waals surface area contributed by atoms with Crippen molar-refractivity contribution in [2.45, 2.75) is 58.5 Å². The zero-order valence-electron chi connectivity index (χ0n) is 11.9. The summed E-state index contributed by atoms with van der Waals surface area (Å²) in [5.74, 6) is 2.37. The second-order valence-corrected chi connectivity index (χ2v) is 6.74. The van der Waals surface area contributed by atoms with Crippen molar-refractivity contribution in [1.82, 2.24) is 5.32 Å². The van der Waals surface area contributed by atoms with E-state index in [9.17, 15) is 4.79 Å². The Morgan fingerprint density at radius 1 is 1.33 bits per heavy atom. The lowest BCUT2D eigenvalue weighted by atomic mass is 9.80. The van der Waals surface area contributed by atoms with Crippen LogP contribution in [0.5, 0.6) is 0 Å². The number of ether oxygens (including phenoxy) is 1. The minimum absolute atomic E-state index is 0.293. The van der Waals surface area contributed by atoms with Crippen LogP contribution < -0.4 is 5.32 Å². The Labute approximate surface area is 116 Å². The molecule has 3 nitrogen and oxygen atoms in total. The maximum Gasteiger partial charge on any atom is 0.407 e. The lowest BCUT2D eigenvalue weighted by Gasteiger charge is -2.29. The van der Waals surface area contributed by atoms with Gasteiger partial charge >= 0.3 is 6.09 Å². The molecular weight excluding hydrogens is 246 g/mol. The molecule has 0 bridgehead atoms. The third kappa shape index (κ3) is 6.53. The summed E-state index contributed by atoms with van der Waals surface area (Å²) in [5, 5.41) is 2.89. The molecular formula is C14H27NO2S. The molecule has 0 spiro atoms. The average Bonchev–Trinajstić information content (AvgIpc) is 2.25. The molecule has 1 amide bonds. The standard InChI is InChI=1S/C14H27NO2S/c1-14(2,3)17-13(16)15-10-12-6-4-5-11(9-12)7-8-18/h11-12,18H,4-10H2,1-3H3,(H,15,16). The molecule has 0 aromatic carbocycles. The van der Waals surface area contributed by atoms with Crippen LogP contribution in [0.4, 0.5) is 4.79 Å². The first-order valence-electron chi connectivity index (χ1n) is 6.98. The van der Waals surface area contributed by atoms with Gasteiger partial charge in [0.25, 0.3) is 0 Å². The number of hydrogen-bond acceptors (Lipinski definition) is 3. The van der Waals surface area contributed by atoms with Crippen molar-refractivity contribution in [3.05, 3.63) is 0 Å². The van der Waals surface area contributed by atoms with E-state index in [4.69, 9.17) is 4.74 Å². The van der Waals surface area contributed by atoms with Crippen molar-refractivity contribution in [3.63, 3.8) is 0 Å². The molecule has 106 valence electrons. The van der Waals surface area contributed by atoms with Gasteiger partial charge in [0, 0.05) is 6.54 Å². The number of rotatable bonds is 4. The smallest absolute Gasteiger partial charge is 0.407 e. The molecule has 1 aliphatic rings. The summed E-state index contributed by atoms with van der Waals surface area (Å²) in [6.07, 6.45) is 5.95. The van der Waals surface area contributed by atoms with Crippen molar-refractivity contribution >= 4 is 18.7 Å². The summed E-state index contributed by atoms with van der Waals surface area (Å²) < 4.78 is 5.24. The van der Waals surface area contributed by atoms with E-state index in [2.05, 4.69) is 17.9 Å². The van der Waals surface area contributed by atoms with Crippen LogP contribution in [0.1, 0.15) is 52.9 Å². The van der Waals surface area contributed by atoms with Crippen molar-refractivity contribution in [3.8, 4) is 0 Å². The second-order valence-electron chi connectivity index (χ2n) is 6.29. The molecule has 0 heterocycles. The minimum atomic E-state index is -0.411. The van der Waals surface area contributed by atoms with Gasteiger partial charge in [-0.3, -0.25) is 0 Å². The van der Waals surface area contributed by atoms with E-state index in [1.807, 2.05) is 20.8 Å². The lowest BCUT2D eigenvalue weighted by Crippen LogP contribution is -2.36. The van der Waals surface area contributed by atoms with Crippen LogP contribution in [0.2, 0.25) is 0 Å². The third-order valence-electron chi connectivity index (χ3n) is 3.36. The maximum absolute atomic E-state index is 11.6. The predicted octanol–water partition coefficient (Wildman–Crippen LogP) is 3.64. The molecule has 4 heteroatoms. The zero-order valence-corrected chi connectivity index (χ0v) is 12.8. The Bertz CT molecular complexity index is 261. The van der Waals surface area contributed by atoms with Gasteiger partial charge in [0.05, 0.1) is 0 Å². The number of nitrogens with one attached hydrogen (secondary N) is 1. The number of carbonyl (C=O) groups excluding carboxylic acids is 1. The van der Waals surface area contributed by atoms with E-state index >= 15 is 0 Å². The number of thiol groups is 1. The number of amides is 1. The summed E-state index contributed by atoms with van der Waals surface area (Å²) in [6.45, 7) is 6.40. The summed E-state index contributed by atoms with van der Waals surface area (Å²) in [7, 11) is 0. The van der Waals surface area contributed by atoms with Crippen LogP contribution in [0, 0.1) is 11.8 Å². The average molecular weight is 273 g/mol. The van der Waals surface area contributed by atoms with Crippen LogP contribution in [0.25, 0.3) is 0 Å². The summed E-state index contributed by atoms with van der Waals surface area (Å²) in [4.78, 5) is 11.6. The summed E-state index contributed by atoms with van der Waals surface area (Å²) in [6, 6.07) is 0. The molecule has 2 unspecified atom stereocenters. The van der Waals surface area contributed by atoms with Crippen LogP contribution in [0.3, 0.4) is 0 Å². The van der Waals surface area contributed by atoms with Crippen LogP contribution in [-0.4, -0.2) is 24.0 Å². The van der Waals surface area contributed by atoms with E-state index in [1.54, 1.807) is 0 Å². The van der Waals surface area contributed by atoms with Gasteiger partial charge in [0.2, 0.25) is 0 Å². The van der Waals surface area contributed by atoms with E-state index in [1.165, 1.54) is 32.1 Å². The fourth-order valence-electron chi connectivity index (χ4n) is 2.57. The van der Waals surface area contributed by atoms with Crippen LogP contribution >= 0.6 is 12.6 Å². The Kier molecular flexibility index (Phi) is 6.33. The molecule has 1 aliphatic carbocycles. The highest BCUT2D eigenvalue weighted by Gasteiger charge is 2.23. The second kappa shape index (κ2) is 7.27. The van der Waals surface area contributed by atoms with E-state index in [0.717, 1.165) is 18.2 Å². The van der Waals surface area contributed by atoms with Crippen molar-refractivity contribution in [2.75, 3.05) is 12.3 Å². The number of alkyl carbamates (subject to hydrolysis) is 1. The Morgan fingerprint density at radius 2 is 2.00 bits per heavy atom. The van der Waals surface area contributed by atoms with Crippen molar-refractivity contribution in [1.29, 1.82) is 0 Å². The maximum atomic E-state index is 11.6. The molecule has 2 atom stereocenters. The van der Waals surface area contributed by atoms with Crippen LogP contribution in [-0.2, 0) is 4.74 Å². The SMILES string of the molecule is CC(C)(C)OC(=O)NCC1CCCC(CCS)C1. The third-order valence-corrected chi connectivity index (χ3v) is 3.62. The van der Waals surface area contributed by atoms with Gasteiger partial charge in [-0.25, -0.2) is 4.79 Å². The van der Waals surface area contributed by atoms with Gasteiger partial charge < -0.3 is 10.1 Å². The summed E-state index contributed by atoms with van der Waals surface area (Å²) >= 11 is 4.30. The normalized spacial score (nSPS) is 24.7. The summed E-state index contributed by atoms with van der Waals surface area (Å²) in [5.41, 5.74) is -0.411. The van der Waals surface area contributed by atoms with Crippen molar-refractivity contribution < 1.29 is 9.53 Å². The predicted molar refractivity (Wildman–Crippen MR) is 78.2 cm³/mol. The molecule has 1 fully saturated rings. The number of hydrogen-bond donors (Lipinski definition) is 2. The van der Waals surface area contributed by atoms with E-state index < -0.39 is 5.60 Å². The first-order valence-corrected chi connectivity index (χ1v) is 7.61. The molecule has 0 aromatic heterocycles. The Balaban J connectivity index is 2.24.